The summed E-state index contributed by atoms with van der Waals surface area (Å²) in [4.78, 5) is 42.5. The number of hydrogen-bond acceptors (Lipinski definition) is 8. The van der Waals surface area contributed by atoms with Gasteiger partial charge in [0.05, 0.1) is 6.61 Å². The molecule has 2 heterocycles. The number of hydrogen-bond donors (Lipinski definition) is 0. The van der Waals surface area contributed by atoms with Crippen molar-refractivity contribution in [3.63, 3.8) is 0 Å². The normalized spacial score (nSPS) is 11.3. The van der Waals surface area contributed by atoms with Gasteiger partial charge in [-0.25, -0.2) is 14.6 Å². The lowest BCUT2D eigenvalue weighted by Crippen LogP contribution is -2.20. The fraction of sp³-hybridized carbons (Fsp3) is 0.231. The summed E-state index contributed by atoms with van der Waals surface area (Å²) in [5.41, 5.74) is -0.150. The number of oxime groups is 1. The Morgan fingerprint density at radius 2 is 2.14 bits per heavy atom. The lowest BCUT2D eigenvalue weighted by molar-refractivity contribution is -0.141. The molecule has 0 saturated heterocycles. The number of aromatic nitrogens is 2. The van der Waals surface area contributed by atoms with Crippen molar-refractivity contribution in [3.05, 3.63) is 35.0 Å². The molecule has 0 aromatic carbocycles. The maximum Gasteiger partial charge on any atom is 0.362 e. The van der Waals surface area contributed by atoms with Crippen LogP contribution in [0.2, 0.25) is 0 Å². The minimum Gasteiger partial charge on any atom is -0.461 e. The van der Waals surface area contributed by atoms with E-state index in [1.54, 1.807) is 31.3 Å². The molecule has 0 fully saturated rings. The van der Waals surface area contributed by atoms with Crippen LogP contribution in [0, 0.1) is 4.91 Å². The van der Waals surface area contributed by atoms with Crippen LogP contribution in [-0.2, 0) is 19.2 Å². The SMILES string of the molecule is CCOC(=O)/C(=N\OC(C)=O)c1nc2ccccn2c1N=O. The van der Waals surface area contributed by atoms with E-state index in [0.717, 1.165) is 6.92 Å². The zero-order valence-electron chi connectivity index (χ0n) is 11.8. The van der Waals surface area contributed by atoms with Crippen molar-refractivity contribution in [2.24, 2.45) is 10.3 Å². The molecular weight excluding hydrogens is 292 g/mol. The molecule has 0 spiro atoms. The minimum absolute atomic E-state index is 0.0785. The van der Waals surface area contributed by atoms with E-state index < -0.39 is 17.7 Å². The Morgan fingerprint density at radius 1 is 1.36 bits per heavy atom. The molecule has 0 aliphatic heterocycles. The molecule has 0 N–H and O–H groups in total. The second-order valence-electron chi connectivity index (χ2n) is 4.05. The van der Waals surface area contributed by atoms with E-state index in [1.165, 1.54) is 4.40 Å². The maximum absolute atomic E-state index is 12.0. The molecule has 0 saturated carbocycles. The van der Waals surface area contributed by atoms with Gasteiger partial charge >= 0.3 is 11.9 Å². The molecule has 2 aromatic rings. The predicted octanol–water partition coefficient (Wildman–Crippen LogP) is 1.56. The quantitative estimate of drug-likeness (QED) is 0.272. The van der Waals surface area contributed by atoms with Crippen LogP contribution in [0.15, 0.2) is 34.7 Å². The fourth-order valence-electron chi connectivity index (χ4n) is 1.72. The average Bonchev–Trinajstić information content (AvgIpc) is 2.85. The number of pyridine rings is 1. The van der Waals surface area contributed by atoms with Crippen LogP contribution in [-0.4, -0.2) is 33.6 Å². The molecule has 9 nitrogen and oxygen atoms in total. The van der Waals surface area contributed by atoms with Crippen LogP contribution < -0.4 is 0 Å². The Bertz CT molecular complexity index is 765. The molecule has 0 bridgehead atoms. The number of fused-ring (bicyclic) bond motifs is 1. The van der Waals surface area contributed by atoms with E-state index in [4.69, 9.17) is 4.74 Å². The van der Waals surface area contributed by atoms with Gasteiger partial charge in [-0.05, 0) is 24.2 Å². The molecule has 9 heteroatoms. The van der Waals surface area contributed by atoms with Crippen LogP contribution in [0.4, 0.5) is 5.82 Å². The molecule has 0 amide bonds. The fourth-order valence-corrected chi connectivity index (χ4v) is 1.72. The van der Waals surface area contributed by atoms with Crippen molar-refractivity contribution >= 4 is 29.1 Å². The van der Waals surface area contributed by atoms with Crippen LogP contribution in [0.1, 0.15) is 19.5 Å². The molecule has 2 aromatic heterocycles. The first-order valence-corrected chi connectivity index (χ1v) is 6.32. The molecule has 2 rings (SSSR count). The van der Waals surface area contributed by atoms with Gasteiger partial charge in [0.2, 0.25) is 11.5 Å². The maximum atomic E-state index is 12.0. The van der Waals surface area contributed by atoms with Crippen molar-refractivity contribution < 1.29 is 19.2 Å². The standard InChI is InChI=1S/C13H12N4O5/c1-3-21-13(19)11(16-22-8(2)18)10-12(15-20)17-7-5-4-6-9(17)14-10/h4-7H,3H2,1-2H3/b16-11-. The number of carbonyl (C=O) groups excluding carboxylic acids is 2. The zero-order valence-corrected chi connectivity index (χ0v) is 11.8. The van der Waals surface area contributed by atoms with Gasteiger partial charge in [0.15, 0.2) is 0 Å². The highest BCUT2D eigenvalue weighted by Crippen LogP contribution is 2.22. The number of carbonyl (C=O) groups is 2. The van der Waals surface area contributed by atoms with Crippen molar-refractivity contribution in [1.29, 1.82) is 0 Å². The van der Waals surface area contributed by atoms with E-state index in [1.807, 2.05) is 0 Å². The first-order valence-electron chi connectivity index (χ1n) is 6.32. The third-order valence-electron chi connectivity index (χ3n) is 2.55. The number of ether oxygens (including phenoxy) is 1. The summed E-state index contributed by atoms with van der Waals surface area (Å²) >= 11 is 0. The number of imidazole rings is 1. The van der Waals surface area contributed by atoms with Crippen molar-refractivity contribution in [1.82, 2.24) is 9.38 Å². The molecule has 22 heavy (non-hydrogen) atoms. The van der Waals surface area contributed by atoms with Crippen molar-refractivity contribution in [2.75, 3.05) is 6.61 Å². The summed E-state index contributed by atoms with van der Waals surface area (Å²) in [5.74, 6) is -1.75. The average molecular weight is 304 g/mol. The first-order chi connectivity index (χ1) is 10.6. The molecule has 0 radical (unpaired) electrons. The number of esters is 1. The van der Waals surface area contributed by atoms with Gasteiger partial charge in [0, 0.05) is 13.1 Å². The Morgan fingerprint density at radius 3 is 2.77 bits per heavy atom. The molecule has 0 atom stereocenters. The lowest BCUT2D eigenvalue weighted by Gasteiger charge is -2.03. The minimum atomic E-state index is -0.878. The number of rotatable bonds is 5. The highest BCUT2D eigenvalue weighted by atomic mass is 16.7. The Balaban J connectivity index is 2.60. The van der Waals surface area contributed by atoms with Crippen LogP contribution in [0.25, 0.3) is 5.65 Å². The van der Waals surface area contributed by atoms with Crippen LogP contribution in [0.3, 0.4) is 0 Å². The van der Waals surface area contributed by atoms with Gasteiger partial charge in [-0.15, -0.1) is 4.91 Å². The monoisotopic (exact) mass is 304 g/mol. The highest BCUT2D eigenvalue weighted by Gasteiger charge is 2.26. The van der Waals surface area contributed by atoms with Gasteiger partial charge < -0.3 is 9.57 Å². The second-order valence-corrected chi connectivity index (χ2v) is 4.05. The molecule has 0 aliphatic carbocycles. The van der Waals surface area contributed by atoms with Crippen molar-refractivity contribution in [2.45, 2.75) is 13.8 Å². The first kappa shape index (κ1) is 15.3. The van der Waals surface area contributed by atoms with E-state index in [9.17, 15) is 14.5 Å². The third kappa shape index (κ3) is 2.97. The van der Waals surface area contributed by atoms with Crippen LogP contribution in [0.5, 0.6) is 0 Å². The van der Waals surface area contributed by atoms with Gasteiger partial charge in [-0.2, -0.15) is 0 Å². The van der Waals surface area contributed by atoms with Gasteiger partial charge in [0.25, 0.3) is 0 Å². The van der Waals surface area contributed by atoms with Crippen LogP contribution >= 0.6 is 0 Å². The number of nitroso groups, excluding NO2 is 1. The predicted molar refractivity (Wildman–Crippen MR) is 75.6 cm³/mol. The summed E-state index contributed by atoms with van der Waals surface area (Å²) in [6.45, 7) is 2.80. The van der Waals surface area contributed by atoms with E-state index in [0.29, 0.717) is 5.65 Å². The Kier molecular flexibility index (Phi) is 4.57. The largest absolute Gasteiger partial charge is 0.461 e. The Hall–Kier alpha value is -3.10. The number of nitrogens with zero attached hydrogens (tertiary/aromatic N) is 4. The van der Waals surface area contributed by atoms with Crippen molar-refractivity contribution in [3.8, 4) is 0 Å². The summed E-state index contributed by atoms with van der Waals surface area (Å²) < 4.78 is 6.21. The Labute approximate surface area is 124 Å². The van der Waals surface area contributed by atoms with E-state index in [-0.39, 0.29) is 18.1 Å². The van der Waals surface area contributed by atoms with Gasteiger partial charge in [-0.3, -0.25) is 4.40 Å². The topological polar surface area (TPSA) is 112 Å². The van der Waals surface area contributed by atoms with E-state index in [2.05, 4.69) is 20.2 Å². The van der Waals surface area contributed by atoms with E-state index >= 15 is 0 Å². The summed E-state index contributed by atoms with van der Waals surface area (Å²) in [5, 5.41) is 6.30. The lowest BCUT2D eigenvalue weighted by atomic mass is 10.3. The van der Waals surface area contributed by atoms with Gasteiger partial charge in [-0.1, -0.05) is 11.2 Å². The third-order valence-corrected chi connectivity index (χ3v) is 2.55. The molecule has 0 aliphatic rings. The summed E-state index contributed by atoms with van der Waals surface area (Å²) in [6.07, 6.45) is 1.55. The van der Waals surface area contributed by atoms with Gasteiger partial charge in [0.1, 0.15) is 11.3 Å². The molecule has 114 valence electrons. The summed E-state index contributed by atoms with van der Waals surface area (Å²) in [7, 11) is 0. The second kappa shape index (κ2) is 6.57. The smallest absolute Gasteiger partial charge is 0.362 e. The zero-order chi connectivity index (χ0) is 16.1. The molecule has 0 unspecified atom stereocenters. The highest BCUT2D eigenvalue weighted by molar-refractivity contribution is 6.43. The molecular formula is C13H12N4O5. The summed E-state index contributed by atoms with van der Waals surface area (Å²) in [6, 6.07) is 4.99.